The van der Waals surface area contributed by atoms with E-state index in [-0.39, 0.29) is 5.92 Å². The zero-order chi connectivity index (χ0) is 21.2. The molecule has 158 valence electrons. The summed E-state index contributed by atoms with van der Waals surface area (Å²) in [6.45, 7) is 6.27. The molecule has 0 unspecified atom stereocenters. The minimum absolute atomic E-state index is 0.239. The lowest BCUT2D eigenvalue weighted by Gasteiger charge is -2.21. The highest BCUT2D eigenvalue weighted by Crippen LogP contribution is 2.23. The van der Waals surface area contributed by atoms with Crippen molar-refractivity contribution in [2.45, 2.75) is 39.2 Å². The Labute approximate surface area is 179 Å². The molecule has 0 radical (unpaired) electrons. The first-order chi connectivity index (χ1) is 14.7. The van der Waals surface area contributed by atoms with E-state index in [1.54, 1.807) is 0 Å². The van der Waals surface area contributed by atoms with E-state index in [0.717, 1.165) is 43.5 Å². The Balaban J connectivity index is 1.75. The number of rotatable bonds is 9. The van der Waals surface area contributed by atoms with Gasteiger partial charge in [0, 0.05) is 26.1 Å². The van der Waals surface area contributed by atoms with Gasteiger partial charge in [-0.2, -0.15) is 0 Å². The molecule has 6 heteroatoms. The number of nitrogens with one attached hydrogen (secondary N) is 2. The molecule has 0 aliphatic rings. The van der Waals surface area contributed by atoms with Crippen molar-refractivity contribution in [1.29, 1.82) is 0 Å². The third kappa shape index (κ3) is 5.92. The minimum atomic E-state index is 0.239. The van der Waals surface area contributed by atoms with Crippen LogP contribution in [0.25, 0.3) is 0 Å². The van der Waals surface area contributed by atoms with E-state index in [1.165, 1.54) is 11.1 Å². The molecule has 0 amide bonds. The SMILES string of the molecule is CCCCNC(=NCc1nnc(C)n1C)NCC(c1ccccc1)c1ccccc1. The highest BCUT2D eigenvalue weighted by atomic mass is 15.3. The van der Waals surface area contributed by atoms with Crippen LogP contribution in [0.4, 0.5) is 0 Å². The summed E-state index contributed by atoms with van der Waals surface area (Å²) in [5.41, 5.74) is 2.57. The molecule has 0 atom stereocenters. The Morgan fingerprint density at radius 2 is 1.60 bits per heavy atom. The lowest BCUT2D eigenvalue weighted by molar-refractivity contribution is 0.693. The van der Waals surface area contributed by atoms with Crippen molar-refractivity contribution in [3.8, 4) is 0 Å². The topological polar surface area (TPSA) is 67.1 Å². The molecule has 1 heterocycles. The molecule has 3 aromatic rings. The highest BCUT2D eigenvalue weighted by Gasteiger charge is 2.14. The minimum Gasteiger partial charge on any atom is -0.356 e. The standard InChI is InChI=1S/C24H32N6/c1-4-5-16-25-24(27-18-23-29-28-19(2)30(23)3)26-17-22(20-12-8-6-9-13-20)21-14-10-7-11-15-21/h6-15,22H,4-5,16-18H2,1-3H3,(H2,25,26,27). The fourth-order valence-electron chi connectivity index (χ4n) is 3.29. The van der Waals surface area contributed by atoms with Gasteiger partial charge in [-0.3, -0.25) is 0 Å². The molecule has 1 aromatic heterocycles. The van der Waals surface area contributed by atoms with Crippen LogP contribution < -0.4 is 10.6 Å². The van der Waals surface area contributed by atoms with Crippen LogP contribution in [0.3, 0.4) is 0 Å². The lowest BCUT2D eigenvalue weighted by atomic mass is 9.91. The zero-order valence-electron chi connectivity index (χ0n) is 18.2. The number of aryl methyl sites for hydroxylation is 1. The van der Waals surface area contributed by atoms with Gasteiger partial charge in [-0.05, 0) is 24.5 Å². The van der Waals surface area contributed by atoms with Crippen LogP contribution >= 0.6 is 0 Å². The van der Waals surface area contributed by atoms with Gasteiger partial charge in [0.2, 0.25) is 0 Å². The fourth-order valence-corrected chi connectivity index (χ4v) is 3.29. The summed E-state index contributed by atoms with van der Waals surface area (Å²) >= 11 is 0. The summed E-state index contributed by atoms with van der Waals surface area (Å²) in [6, 6.07) is 21.2. The van der Waals surface area contributed by atoms with E-state index in [2.05, 4.69) is 88.4 Å². The average molecular weight is 405 g/mol. The molecule has 0 bridgehead atoms. The molecule has 30 heavy (non-hydrogen) atoms. The van der Waals surface area contributed by atoms with Crippen molar-refractivity contribution in [2.24, 2.45) is 12.0 Å². The lowest BCUT2D eigenvalue weighted by Crippen LogP contribution is -2.40. The molecule has 3 rings (SSSR count). The maximum atomic E-state index is 4.77. The van der Waals surface area contributed by atoms with Crippen LogP contribution in [-0.4, -0.2) is 33.8 Å². The van der Waals surface area contributed by atoms with E-state index in [9.17, 15) is 0 Å². The Morgan fingerprint density at radius 3 is 2.13 bits per heavy atom. The van der Waals surface area contributed by atoms with Crippen LogP contribution in [0.15, 0.2) is 65.7 Å². The Morgan fingerprint density at radius 1 is 0.967 bits per heavy atom. The van der Waals surface area contributed by atoms with Gasteiger partial charge in [0.15, 0.2) is 11.8 Å². The number of aromatic nitrogens is 3. The molecular formula is C24H32N6. The van der Waals surface area contributed by atoms with Crippen molar-refractivity contribution in [3.63, 3.8) is 0 Å². The van der Waals surface area contributed by atoms with E-state index in [1.807, 2.05) is 18.5 Å². The van der Waals surface area contributed by atoms with Gasteiger partial charge in [0.25, 0.3) is 0 Å². The normalized spacial score (nSPS) is 11.7. The van der Waals surface area contributed by atoms with Gasteiger partial charge in [-0.1, -0.05) is 74.0 Å². The molecule has 0 saturated carbocycles. The van der Waals surface area contributed by atoms with Gasteiger partial charge < -0.3 is 15.2 Å². The Hall–Kier alpha value is -3.15. The first-order valence-corrected chi connectivity index (χ1v) is 10.7. The molecular weight excluding hydrogens is 372 g/mol. The number of aliphatic imine (C=N–C) groups is 1. The van der Waals surface area contributed by atoms with E-state index in [4.69, 9.17) is 4.99 Å². The molecule has 6 nitrogen and oxygen atoms in total. The fraction of sp³-hybridized carbons (Fsp3) is 0.375. The summed E-state index contributed by atoms with van der Waals surface area (Å²) in [7, 11) is 1.97. The predicted molar refractivity (Wildman–Crippen MR) is 123 cm³/mol. The van der Waals surface area contributed by atoms with Gasteiger partial charge in [0.05, 0.1) is 0 Å². The van der Waals surface area contributed by atoms with Crippen molar-refractivity contribution in [1.82, 2.24) is 25.4 Å². The zero-order valence-corrected chi connectivity index (χ0v) is 18.2. The third-order valence-corrected chi connectivity index (χ3v) is 5.26. The molecule has 2 aromatic carbocycles. The quantitative estimate of drug-likeness (QED) is 0.323. The maximum absolute atomic E-state index is 4.77. The first-order valence-electron chi connectivity index (χ1n) is 10.7. The Kier molecular flexibility index (Phi) is 8.01. The van der Waals surface area contributed by atoms with Crippen molar-refractivity contribution in [3.05, 3.63) is 83.4 Å². The van der Waals surface area contributed by atoms with E-state index in [0.29, 0.717) is 6.54 Å². The first kappa shape index (κ1) is 21.6. The summed E-state index contributed by atoms with van der Waals surface area (Å²) in [4.78, 5) is 4.77. The monoisotopic (exact) mass is 404 g/mol. The number of hydrogen-bond donors (Lipinski definition) is 2. The summed E-state index contributed by atoms with van der Waals surface area (Å²) in [5.74, 6) is 2.79. The van der Waals surface area contributed by atoms with Crippen molar-refractivity contribution < 1.29 is 0 Å². The second-order valence-electron chi connectivity index (χ2n) is 7.42. The maximum Gasteiger partial charge on any atom is 0.191 e. The number of hydrogen-bond acceptors (Lipinski definition) is 3. The smallest absolute Gasteiger partial charge is 0.191 e. The van der Waals surface area contributed by atoms with Crippen LogP contribution in [0.1, 0.15) is 48.5 Å². The number of unbranched alkanes of at least 4 members (excludes halogenated alkanes) is 1. The Bertz CT molecular complexity index is 878. The average Bonchev–Trinajstić information content (AvgIpc) is 3.11. The van der Waals surface area contributed by atoms with E-state index < -0.39 is 0 Å². The largest absolute Gasteiger partial charge is 0.356 e. The second-order valence-corrected chi connectivity index (χ2v) is 7.42. The summed E-state index contributed by atoms with van der Waals surface area (Å²) < 4.78 is 1.98. The summed E-state index contributed by atoms with van der Waals surface area (Å²) in [5, 5.41) is 15.4. The molecule has 0 fully saturated rings. The molecule has 0 aliphatic heterocycles. The van der Waals surface area contributed by atoms with Crippen LogP contribution in [0, 0.1) is 6.92 Å². The third-order valence-electron chi connectivity index (χ3n) is 5.26. The van der Waals surface area contributed by atoms with Crippen molar-refractivity contribution in [2.75, 3.05) is 13.1 Å². The molecule has 0 spiro atoms. The number of nitrogens with zero attached hydrogens (tertiary/aromatic N) is 4. The van der Waals surface area contributed by atoms with Crippen molar-refractivity contribution >= 4 is 5.96 Å². The summed E-state index contributed by atoms with van der Waals surface area (Å²) in [6.07, 6.45) is 2.24. The molecule has 2 N–H and O–H groups in total. The van der Waals surface area contributed by atoms with Gasteiger partial charge in [0.1, 0.15) is 12.4 Å². The predicted octanol–water partition coefficient (Wildman–Crippen LogP) is 3.79. The highest BCUT2D eigenvalue weighted by molar-refractivity contribution is 5.79. The number of guanidine groups is 1. The van der Waals surface area contributed by atoms with Gasteiger partial charge >= 0.3 is 0 Å². The van der Waals surface area contributed by atoms with Gasteiger partial charge in [-0.15, -0.1) is 10.2 Å². The van der Waals surface area contributed by atoms with Crippen LogP contribution in [0.5, 0.6) is 0 Å². The number of benzene rings is 2. The van der Waals surface area contributed by atoms with Gasteiger partial charge in [-0.25, -0.2) is 4.99 Å². The second kappa shape index (κ2) is 11.1. The van der Waals surface area contributed by atoms with Crippen LogP contribution in [-0.2, 0) is 13.6 Å². The molecule has 0 saturated heterocycles. The van der Waals surface area contributed by atoms with E-state index >= 15 is 0 Å². The molecule has 0 aliphatic carbocycles. The van der Waals surface area contributed by atoms with Crippen LogP contribution in [0.2, 0.25) is 0 Å².